The van der Waals surface area contributed by atoms with Crippen LogP contribution in [0.3, 0.4) is 0 Å². The number of halogens is 5. The summed E-state index contributed by atoms with van der Waals surface area (Å²) >= 11 is 5.94. The topological polar surface area (TPSA) is 48.5 Å². The number of hydrogen-bond donors (Lipinski definition) is 1. The van der Waals surface area contributed by atoms with Crippen LogP contribution in [0.4, 0.5) is 28.0 Å². The molecule has 0 atom stereocenters. The molecule has 3 aromatic rings. The van der Waals surface area contributed by atoms with E-state index in [0.717, 1.165) is 17.2 Å². The van der Waals surface area contributed by atoms with Crippen LogP contribution in [0.15, 0.2) is 66.9 Å². The molecule has 2 aromatic carbocycles. The SMILES string of the molecule is O=C(NCc1ccnc(Cl)c1)N1CC2(CCN(C/C=C/c3ccc(F)cc3)CC2)c2cc(C(F)(F)F)ccc21. The molecule has 204 valence electrons. The monoisotopic (exact) mass is 558 g/mol. The van der Waals surface area contributed by atoms with Crippen molar-refractivity contribution >= 4 is 29.4 Å². The molecule has 2 amide bonds. The highest BCUT2D eigenvalue weighted by atomic mass is 35.5. The molecular formula is C29H27ClF4N4O. The van der Waals surface area contributed by atoms with Gasteiger partial charge in [0.25, 0.3) is 0 Å². The van der Waals surface area contributed by atoms with Crippen molar-refractivity contribution in [1.82, 2.24) is 15.2 Å². The number of likely N-dealkylation sites (tertiary alicyclic amines) is 1. The van der Waals surface area contributed by atoms with E-state index in [1.807, 2.05) is 12.2 Å². The molecule has 1 spiro atoms. The first-order valence-electron chi connectivity index (χ1n) is 12.6. The number of nitrogens with zero attached hydrogens (tertiary/aromatic N) is 3. The van der Waals surface area contributed by atoms with Gasteiger partial charge in [0.2, 0.25) is 0 Å². The van der Waals surface area contributed by atoms with Crippen LogP contribution in [0, 0.1) is 5.82 Å². The zero-order chi connectivity index (χ0) is 27.6. The van der Waals surface area contributed by atoms with E-state index in [2.05, 4.69) is 15.2 Å². The van der Waals surface area contributed by atoms with Crippen LogP contribution < -0.4 is 10.2 Å². The Morgan fingerprint density at radius 1 is 1.08 bits per heavy atom. The van der Waals surface area contributed by atoms with Gasteiger partial charge >= 0.3 is 12.2 Å². The summed E-state index contributed by atoms with van der Waals surface area (Å²) in [4.78, 5) is 21.0. The number of fused-ring (bicyclic) bond motifs is 2. The summed E-state index contributed by atoms with van der Waals surface area (Å²) in [5, 5.41) is 3.18. The smallest absolute Gasteiger partial charge is 0.334 e. The van der Waals surface area contributed by atoms with Crippen LogP contribution in [0.1, 0.15) is 35.1 Å². The molecule has 1 saturated heterocycles. The minimum atomic E-state index is -4.47. The summed E-state index contributed by atoms with van der Waals surface area (Å²) < 4.78 is 54.0. The second kappa shape index (κ2) is 11.0. The van der Waals surface area contributed by atoms with Crippen molar-refractivity contribution in [2.45, 2.75) is 31.0 Å². The highest BCUT2D eigenvalue weighted by Gasteiger charge is 2.47. The summed E-state index contributed by atoms with van der Waals surface area (Å²) in [6.07, 6.45) is 2.24. The molecule has 0 saturated carbocycles. The van der Waals surface area contributed by atoms with Gasteiger partial charge < -0.3 is 5.32 Å². The Morgan fingerprint density at radius 2 is 1.82 bits per heavy atom. The average molecular weight is 559 g/mol. The Bertz CT molecular complexity index is 1370. The molecule has 3 heterocycles. The lowest BCUT2D eigenvalue weighted by Gasteiger charge is -2.39. The largest absolute Gasteiger partial charge is 0.416 e. The Morgan fingerprint density at radius 3 is 2.51 bits per heavy atom. The first-order valence-corrected chi connectivity index (χ1v) is 13.0. The molecule has 2 aliphatic heterocycles. The number of aromatic nitrogens is 1. The molecule has 2 aliphatic rings. The first-order chi connectivity index (χ1) is 18.6. The Balaban J connectivity index is 1.31. The van der Waals surface area contributed by atoms with Gasteiger partial charge in [-0.25, -0.2) is 14.2 Å². The molecule has 5 nitrogen and oxygen atoms in total. The Hall–Kier alpha value is -3.43. The fraction of sp³-hybridized carbons (Fsp3) is 0.310. The maximum Gasteiger partial charge on any atom is 0.416 e. The predicted molar refractivity (Wildman–Crippen MR) is 143 cm³/mol. The van der Waals surface area contributed by atoms with Crippen LogP contribution in [-0.2, 0) is 18.1 Å². The van der Waals surface area contributed by atoms with Gasteiger partial charge in [0.05, 0.1) is 5.56 Å². The molecule has 0 radical (unpaired) electrons. The summed E-state index contributed by atoms with van der Waals surface area (Å²) in [6.45, 7) is 2.55. The lowest BCUT2D eigenvalue weighted by atomic mass is 9.74. The van der Waals surface area contributed by atoms with Gasteiger partial charge in [-0.05, 0) is 85.1 Å². The van der Waals surface area contributed by atoms with E-state index in [4.69, 9.17) is 11.6 Å². The number of alkyl halides is 3. The van der Waals surface area contributed by atoms with Crippen molar-refractivity contribution in [3.05, 3.63) is 100 Å². The van der Waals surface area contributed by atoms with E-state index in [9.17, 15) is 22.4 Å². The van der Waals surface area contributed by atoms with Crippen molar-refractivity contribution in [3.63, 3.8) is 0 Å². The quantitative estimate of drug-likeness (QED) is 0.281. The van der Waals surface area contributed by atoms with Gasteiger partial charge in [0.1, 0.15) is 11.0 Å². The second-order valence-electron chi connectivity index (χ2n) is 10.00. The molecule has 1 fully saturated rings. The number of pyridine rings is 1. The zero-order valence-corrected chi connectivity index (χ0v) is 21.8. The van der Waals surface area contributed by atoms with Gasteiger partial charge in [-0.15, -0.1) is 0 Å². The number of carbonyl (C=O) groups is 1. The second-order valence-corrected chi connectivity index (χ2v) is 10.4. The lowest BCUT2D eigenvalue weighted by Crippen LogP contribution is -2.47. The van der Waals surface area contributed by atoms with Gasteiger partial charge in [0.15, 0.2) is 0 Å². The molecular weight excluding hydrogens is 532 g/mol. The minimum absolute atomic E-state index is 0.217. The van der Waals surface area contributed by atoms with Crippen molar-refractivity contribution in [2.75, 3.05) is 31.1 Å². The van der Waals surface area contributed by atoms with Crippen molar-refractivity contribution in [1.29, 1.82) is 0 Å². The number of hydrogen-bond acceptors (Lipinski definition) is 3. The fourth-order valence-corrected chi connectivity index (χ4v) is 5.55. The summed E-state index contributed by atoms with van der Waals surface area (Å²) in [5.41, 5.74) is 1.47. The van der Waals surface area contributed by atoms with E-state index in [-0.39, 0.29) is 18.4 Å². The zero-order valence-electron chi connectivity index (χ0n) is 21.0. The van der Waals surface area contributed by atoms with Crippen molar-refractivity contribution in [3.8, 4) is 0 Å². The Kier molecular flexibility index (Phi) is 7.64. The third-order valence-electron chi connectivity index (χ3n) is 7.48. The fourth-order valence-electron chi connectivity index (χ4n) is 5.36. The van der Waals surface area contributed by atoms with E-state index < -0.39 is 17.2 Å². The molecule has 5 rings (SSSR count). The van der Waals surface area contributed by atoms with Crippen LogP contribution in [-0.4, -0.2) is 42.1 Å². The van der Waals surface area contributed by atoms with E-state index in [0.29, 0.717) is 55.4 Å². The van der Waals surface area contributed by atoms with Crippen molar-refractivity contribution < 1.29 is 22.4 Å². The van der Waals surface area contributed by atoms with E-state index in [1.165, 1.54) is 24.3 Å². The Labute approximate surface area is 229 Å². The normalized spacial score (nSPS) is 17.1. The summed E-state index contributed by atoms with van der Waals surface area (Å²) in [7, 11) is 0. The molecule has 10 heteroatoms. The number of benzene rings is 2. The third kappa shape index (κ3) is 6.09. The molecule has 1 aromatic heterocycles. The lowest BCUT2D eigenvalue weighted by molar-refractivity contribution is -0.137. The van der Waals surface area contributed by atoms with Crippen LogP contribution >= 0.6 is 11.6 Å². The molecule has 1 N–H and O–H groups in total. The molecule has 0 bridgehead atoms. The maximum absolute atomic E-state index is 13.6. The highest BCUT2D eigenvalue weighted by Crippen LogP contribution is 2.48. The van der Waals surface area contributed by atoms with E-state index in [1.54, 1.807) is 35.4 Å². The standard InChI is InChI=1S/C29H27ClF4N4O/c30-26-16-21(9-12-35-26)18-36-27(39)38-19-28(24-17-22(29(32,33)34)5-8-25(24)38)10-14-37(15-11-28)13-1-2-20-3-6-23(31)7-4-20/h1-9,12,16-17H,10-11,13-15,18-19H2,(H,36,39)/b2-1+. The highest BCUT2D eigenvalue weighted by molar-refractivity contribution is 6.29. The van der Waals surface area contributed by atoms with E-state index >= 15 is 0 Å². The minimum Gasteiger partial charge on any atom is -0.334 e. The summed E-state index contributed by atoms with van der Waals surface area (Å²) in [5.74, 6) is -0.288. The van der Waals surface area contributed by atoms with Crippen LogP contribution in [0.25, 0.3) is 6.08 Å². The first kappa shape index (κ1) is 27.1. The average Bonchev–Trinajstić information content (AvgIpc) is 3.22. The number of nitrogens with one attached hydrogen (secondary N) is 1. The molecule has 39 heavy (non-hydrogen) atoms. The predicted octanol–water partition coefficient (Wildman–Crippen LogP) is 6.67. The number of urea groups is 1. The number of rotatable bonds is 5. The number of piperidine rings is 1. The molecule has 0 aliphatic carbocycles. The van der Waals surface area contributed by atoms with Gasteiger partial charge in [-0.3, -0.25) is 9.80 Å². The number of carbonyl (C=O) groups excluding carboxylic acids is 1. The number of anilines is 1. The maximum atomic E-state index is 13.6. The van der Waals surface area contributed by atoms with Crippen LogP contribution in [0.5, 0.6) is 0 Å². The van der Waals surface area contributed by atoms with Gasteiger partial charge in [-0.2, -0.15) is 13.2 Å². The third-order valence-corrected chi connectivity index (χ3v) is 7.69. The van der Waals surface area contributed by atoms with Crippen LogP contribution in [0.2, 0.25) is 5.15 Å². The van der Waals surface area contributed by atoms with Gasteiger partial charge in [-0.1, -0.05) is 35.9 Å². The number of amides is 2. The van der Waals surface area contributed by atoms with Crippen molar-refractivity contribution in [2.24, 2.45) is 0 Å². The van der Waals surface area contributed by atoms with Gasteiger partial charge in [0, 0.05) is 36.9 Å². The molecule has 0 unspecified atom stereocenters. The summed E-state index contributed by atoms with van der Waals surface area (Å²) in [6, 6.07) is 12.9.